The van der Waals surface area contributed by atoms with Crippen molar-refractivity contribution in [3.05, 3.63) is 94.9 Å². The number of nitrogens with zero attached hydrogens (tertiary/aromatic N) is 1. The van der Waals surface area contributed by atoms with E-state index in [-0.39, 0.29) is 5.91 Å². The van der Waals surface area contributed by atoms with Crippen molar-refractivity contribution in [2.24, 2.45) is 0 Å². The third-order valence-electron chi connectivity index (χ3n) is 5.32. The summed E-state index contributed by atoms with van der Waals surface area (Å²) < 4.78 is 5.44. The molecule has 3 aromatic rings. The third kappa shape index (κ3) is 4.48. The van der Waals surface area contributed by atoms with Gasteiger partial charge in [-0.25, -0.2) is 0 Å². The molecule has 1 aromatic heterocycles. The van der Waals surface area contributed by atoms with E-state index in [4.69, 9.17) is 4.42 Å². The van der Waals surface area contributed by atoms with Gasteiger partial charge in [0.2, 0.25) is 5.91 Å². The topological polar surface area (TPSA) is 33.5 Å². The van der Waals surface area contributed by atoms with Crippen LogP contribution in [-0.2, 0) is 37.0 Å². The molecule has 27 heavy (non-hydrogen) atoms. The molecule has 0 radical (unpaired) electrons. The van der Waals surface area contributed by atoms with Crippen molar-refractivity contribution in [3.63, 3.8) is 0 Å². The lowest BCUT2D eigenvalue weighted by molar-refractivity contribution is -0.132. The van der Waals surface area contributed by atoms with E-state index in [0.29, 0.717) is 13.0 Å². The number of amides is 1. The molecular formula is C24H25NO2. The molecule has 0 atom stereocenters. The van der Waals surface area contributed by atoms with Crippen LogP contribution in [0.1, 0.15) is 34.4 Å². The molecule has 0 fully saturated rings. The minimum Gasteiger partial charge on any atom is -0.469 e. The van der Waals surface area contributed by atoms with Gasteiger partial charge in [0.25, 0.3) is 0 Å². The average Bonchev–Trinajstić information content (AvgIpc) is 3.19. The first-order valence-corrected chi connectivity index (χ1v) is 9.73. The standard InChI is InChI=1S/C24H25NO2/c26-24(25-15-13-23-22(18-25)14-16-27-23)12-11-21-8-4-7-20(17-21)10-9-19-5-2-1-3-6-19/h1-8,14,16-17H,9-13,15,18H2. The van der Waals surface area contributed by atoms with E-state index in [1.54, 1.807) is 6.26 Å². The third-order valence-corrected chi connectivity index (χ3v) is 5.32. The van der Waals surface area contributed by atoms with Crippen LogP contribution in [0.4, 0.5) is 0 Å². The minimum absolute atomic E-state index is 0.233. The predicted octanol–water partition coefficient (Wildman–Crippen LogP) is 4.58. The Bertz CT molecular complexity index is 898. The maximum Gasteiger partial charge on any atom is 0.223 e. The Morgan fingerprint density at radius 1 is 0.889 bits per heavy atom. The Morgan fingerprint density at radius 2 is 1.63 bits per heavy atom. The number of carbonyl (C=O) groups is 1. The number of aryl methyl sites for hydroxylation is 3. The largest absolute Gasteiger partial charge is 0.469 e. The molecule has 1 amide bonds. The molecule has 1 aliphatic rings. The van der Waals surface area contributed by atoms with Crippen LogP contribution in [0.2, 0.25) is 0 Å². The van der Waals surface area contributed by atoms with Crippen molar-refractivity contribution < 1.29 is 9.21 Å². The number of rotatable bonds is 6. The molecular weight excluding hydrogens is 334 g/mol. The fourth-order valence-corrected chi connectivity index (χ4v) is 3.74. The maximum atomic E-state index is 12.6. The average molecular weight is 359 g/mol. The van der Waals surface area contributed by atoms with Crippen molar-refractivity contribution in [2.45, 2.75) is 38.6 Å². The zero-order valence-electron chi connectivity index (χ0n) is 15.6. The van der Waals surface area contributed by atoms with Gasteiger partial charge in [-0.1, -0.05) is 54.6 Å². The van der Waals surface area contributed by atoms with Crippen LogP contribution < -0.4 is 0 Å². The lowest BCUT2D eigenvalue weighted by Gasteiger charge is -2.26. The van der Waals surface area contributed by atoms with Crippen LogP contribution >= 0.6 is 0 Å². The van der Waals surface area contributed by atoms with E-state index in [0.717, 1.165) is 43.6 Å². The molecule has 3 nitrogen and oxygen atoms in total. The molecule has 0 unspecified atom stereocenters. The molecule has 0 bridgehead atoms. The van der Waals surface area contributed by atoms with Crippen LogP contribution in [0.25, 0.3) is 0 Å². The van der Waals surface area contributed by atoms with Gasteiger partial charge in [0.1, 0.15) is 5.76 Å². The van der Waals surface area contributed by atoms with E-state index >= 15 is 0 Å². The van der Waals surface area contributed by atoms with Gasteiger partial charge in [0.05, 0.1) is 6.26 Å². The van der Waals surface area contributed by atoms with Crippen molar-refractivity contribution in [2.75, 3.05) is 6.54 Å². The lowest BCUT2D eigenvalue weighted by atomic mass is 10.0. The Balaban J connectivity index is 1.30. The fraction of sp³-hybridized carbons (Fsp3) is 0.292. The van der Waals surface area contributed by atoms with Gasteiger partial charge in [0, 0.05) is 31.5 Å². The normalized spacial score (nSPS) is 13.4. The molecule has 2 heterocycles. The summed E-state index contributed by atoms with van der Waals surface area (Å²) in [6.45, 7) is 1.44. The molecule has 3 heteroatoms. The van der Waals surface area contributed by atoms with E-state index < -0.39 is 0 Å². The summed E-state index contributed by atoms with van der Waals surface area (Å²) in [5.74, 6) is 1.27. The Labute approximate surface area is 160 Å². The van der Waals surface area contributed by atoms with Crippen LogP contribution in [0, 0.1) is 0 Å². The minimum atomic E-state index is 0.233. The second-order valence-corrected chi connectivity index (χ2v) is 7.24. The summed E-state index contributed by atoms with van der Waals surface area (Å²) in [4.78, 5) is 14.5. The number of hydrogen-bond donors (Lipinski definition) is 0. The second-order valence-electron chi connectivity index (χ2n) is 7.24. The summed E-state index contributed by atoms with van der Waals surface area (Å²) in [5.41, 5.74) is 5.10. The van der Waals surface area contributed by atoms with Crippen LogP contribution in [0.15, 0.2) is 71.3 Å². The van der Waals surface area contributed by atoms with E-state index in [1.807, 2.05) is 11.0 Å². The molecule has 2 aromatic carbocycles. The van der Waals surface area contributed by atoms with Gasteiger partial charge >= 0.3 is 0 Å². The summed E-state index contributed by atoms with van der Waals surface area (Å²) in [6.07, 6.45) is 5.98. The zero-order valence-corrected chi connectivity index (χ0v) is 15.6. The number of benzene rings is 2. The highest BCUT2D eigenvalue weighted by atomic mass is 16.3. The summed E-state index contributed by atoms with van der Waals surface area (Å²) >= 11 is 0. The van der Waals surface area contributed by atoms with Crippen molar-refractivity contribution in [1.29, 1.82) is 0 Å². The summed E-state index contributed by atoms with van der Waals surface area (Å²) in [7, 11) is 0. The van der Waals surface area contributed by atoms with E-state index in [9.17, 15) is 4.79 Å². The fourth-order valence-electron chi connectivity index (χ4n) is 3.74. The molecule has 0 N–H and O–H groups in total. The molecule has 4 rings (SSSR count). The summed E-state index contributed by atoms with van der Waals surface area (Å²) in [6, 6.07) is 21.2. The van der Waals surface area contributed by atoms with Crippen LogP contribution in [-0.4, -0.2) is 17.4 Å². The molecule has 0 saturated carbocycles. The Kier molecular flexibility index (Phi) is 5.38. The van der Waals surface area contributed by atoms with E-state index in [1.165, 1.54) is 16.7 Å². The predicted molar refractivity (Wildman–Crippen MR) is 106 cm³/mol. The van der Waals surface area contributed by atoms with Crippen molar-refractivity contribution in [1.82, 2.24) is 4.90 Å². The summed E-state index contributed by atoms with van der Waals surface area (Å²) in [5, 5.41) is 0. The number of furan rings is 1. The molecule has 0 saturated heterocycles. The Morgan fingerprint density at radius 3 is 2.48 bits per heavy atom. The quantitative estimate of drug-likeness (QED) is 0.645. The molecule has 1 aliphatic heterocycles. The second kappa shape index (κ2) is 8.26. The van der Waals surface area contributed by atoms with Crippen molar-refractivity contribution in [3.8, 4) is 0 Å². The highest BCUT2D eigenvalue weighted by Gasteiger charge is 2.22. The highest BCUT2D eigenvalue weighted by molar-refractivity contribution is 5.76. The number of hydrogen-bond acceptors (Lipinski definition) is 2. The number of carbonyl (C=O) groups excluding carboxylic acids is 1. The Hall–Kier alpha value is -2.81. The van der Waals surface area contributed by atoms with Gasteiger partial charge in [-0.15, -0.1) is 0 Å². The van der Waals surface area contributed by atoms with Gasteiger partial charge < -0.3 is 9.32 Å². The van der Waals surface area contributed by atoms with E-state index in [2.05, 4.69) is 54.6 Å². The van der Waals surface area contributed by atoms with Crippen LogP contribution in [0.5, 0.6) is 0 Å². The van der Waals surface area contributed by atoms with Gasteiger partial charge in [-0.3, -0.25) is 4.79 Å². The van der Waals surface area contributed by atoms with Crippen molar-refractivity contribution >= 4 is 5.91 Å². The molecule has 138 valence electrons. The lowest BCUT2D eigenvalue weighted by Crippen LogP contribution is -2.35. The zero-order chi connectivity index (χ0) is 18.5. The first-order chi connectivity index (χ1) is 13.3. The maximum absolute atomic E-state index is 12.6. The van der Waals surface area contributed by atoms with Gasteiger partial charge in [0.15, 0.2) is 0 Å². The molecule has 0 aliphatic carbocycles. The van der Waals surface area contributed by atoms with Gasteiger partial charge in [-0.05, 0) is 42.0 Å². The molecule has 0 spiro atoms. The first-order valence-electron chi connectivity index (χ1n) is 9.73. The van der Waals surface area contributed by atoms with Gasteiger partial charge in [-0.2, -0.15) is 0 Å². The van der Waals surface area contributed by atoms with Crippen LogP contribution in [0.3, 0.4) is 0 Å². The smallest absolute Gasteiger partial charge is 0.223 e. The number of fused-ring (bicyclic) bond motifs is 1. The highest BCUT2D eigenvalue weighted by Crippen LogP contribution is 2.21. The monoisotopic (exact) mass is 359 g/mol. The first kappa shape index (κ1) is 17.6. The SMILES string of the molecule is O=C(CCc1cccc(CCc2ccccc2)c1)N1CCc2occc2C1.